The molecule has 3 rings (SSSR count). The lowest BCUT2D eigenvalue weighted by molar-refractivity contribution is -0.145. The number of amides is 1. The number of hydrogen-bond acceptors (Lipinski definition) is 4. The van der Waals surface area contributed by atoms with Crippen molar-refractivity contribution in [3.63, 3.8) is 0 Å². The van der Waals surface area contributed by atoms with Crippen LogP contribution in [0.15, 0.2) is 24.3 Å². The zero-order valence-corrected chi connectivity index (χ0v) is 16.3. The fraction of sp³-hybridized carbons (Fsp3) is 0.619. The Morgan fingerprint density at radius 1 is 1.00 bits per heavy atom. The van der Waals surface area contributed by atoms with Crippen molar-refractivity contribution in [3.8, 4) is 0 Å². The van der Waals surface area contributed by atoms with Crippen LogP contribution in [0.25, 0.3) is 0 Å². The molecule has 2 saturated heterocycles. The Kier molecular flexibility index (Phi) is 6.85. The number of aryl methyl sites for hydroxylation is 1. The largest absolute Gasteiger partial charge is 0.481 e. The topological polar surface area (TPSA) is 64.1 Å². The lowest BCUT2D eigenvalue weighted by Crippen LogP contribution is -2.46. The summed E-state index contributed by atoms with van der Waals surface area (Å²) in [7, 11) is 0. The first-order chi connectivity index (χ1) is 13.0. The monoisotopic (exact) mass is 373 g/mol. The van der Waals surface area contributed by atoms with Gasteiger partial charge >= 0.3 is 5.97 Å². The fourth-order valence-corrected chi connectivity index (χ4v) is 4.02. The number of likely N-dealkylation sites (tertiary alicyclic amines) is 1. The lowest BCUT2D eigenvalue weighted by atomic mass is 9.98. The number of hydrogen-bond donors (Lipinski definition) is 1. The summed E-state index contributed by atoms with van der Waals surface area (Å²) < 4.78 is 0. The van der Waals surface area contributed by atoms with E-state index in [4.69, 9.17) is 0 Å². The third-order valence-electron chi connectivity index (χ3n) is 5.68. The number of piperidine rings is 1. The molecule has 0 bridgehead atoms. The SMILES string of the molecule is Cc1ccc(CN2CCCN(C(=O)CN3CCCC(C(=O)O)C3)CC2)cc1. The van der Waals surface area contributed by atoms with E-state index in [1.807, 2.05) is 9.80 Å². The van der Waals surface area contributed by atoms with Gasteiger partial charge in [-0.05, 0) is 38.3 Å². The molecule has 2 fully saturated rings. The van der Waals surface area contributed by atoms with Crippen LogP contribution in [0.4, 0.5) is 0 Å². The van der Waals surface area contributed by atoms with Crippen LogP contribution in [0.3, 0.4) is 0 Å². The molecule has 2 aliphatic rings. The van der Waals surface area contributed by atoms with Crippen molar-refractivity contribution in [1.82, 2.24) is 14.7 Å². The Balaban J connectivity index is 1.47. The van der Waals surface area contributed by atoms with E-state index in [1.165, 1.54) is 11.1 Å². The van der Waals surface area contributed by atoms with Crippen LogP contribution in [0, 0.1) is 12.8 Å². The first-order valence-corrected chi connectivity index (χ1v) is 10.0. The third kappa shape index (κ3) is 5.78. The van der Waals surface area contributed by atoms with Gasteiger partial charge in [0.25, 0.3) is 0 Å². The maximum absolute atomic E-state index is 12.7. The second-order valence-electron chi connectivity index (χ2n) is 7.91. The van der Waals surface area contributed by atoms with E-state index in [-0.39, 0.29) is 11.8 Å². The summed E-state index contributed by atoms with van der Waals surface area (Å²) in [5, 5.41) is 9.21. The molecule has 0 radical (unpaired) electrons. The van der Waals surface area contributed by atoms with E-state index in [0.717, 1.165) is 58.5 Å². The Morgan fingerprint density at radius 3 is 2.48 bits per heavy atom. The second kappa shape index (κ2) is 9.33. The van der Waals surface area contributed by atoms with Crippen molar-refractivity contribution >= 4 is 11.9 Å². The summed E-state index contributed by atoms with van der Waals surface area (Å²) in [6, 6.07) is 8.65. The van der Waals surface area contributed by atoms with Gasteiger partial charge in [0, 0.05) is 39.3 Å². The molecule has 1 amide bonds. The maximum Gasteiger partial charge on any atom is 0.307 e. The van der Waals surface area contributed by atoms with Gasteiger partial charge in [-0.3, -0.25) is 19.4 Å². The number of carboxylic acids is 1. The minimum Gasteiger partial charge on any atom is -0.481 e. The van der Waals surface area contributed by atoms with Crippen LogP contribution >= 0.6 is 0 Å². The van der Waals surface area contributed by atoms with Gasteiger partial charge in [-0.1, -0.05) is 29.8 Å². The highest BCUT2D eigenvalue weighted by Crippen LogP contribution is 2.17. The molecule has 6 nitrogen and oxygen atoms in total. The van der Waals surface area contributed by atoms with Crippen molar-refractivity contribution in [1.29, 1.82) is 0 Å². The Hall–Kier alpha value is -1.92. The number of carbonyl (C=O) groups excluding carboxylic acids is 1. The molecule has 1 unspecified atom stereocenters. The van der Waals surface area contributed by atoms with Crippen LogP contribution < -0.4 is 0 Å². The average molecular weight is 373 g/mol. The van der Waals surface area contributed by atoms with Crippen LogP contribution in [-0.2, 0) is 16.1 Å². The Bertz CT molecular complexity index is 647. The highest BCUT2D eigenvalue weighted by atomic mass is 16.4. The maximum atomic E-state index is 12.7. The minimum absolute atomic E-state index is 0.137. The molecule has 6 heteroatoms. The molecule has 0 aliphatic carbocycles. The number of benzene rings is 1. The number of nitrogens with zero attached hydrogens (tertiary/aromatic N) is 3. The molecule has 0 spiro atoms. The average Bonchev–Trinajstić information content (AvgIpc) is 2.89. The van der Waals surface area contributed by atoms with Gasteiger partial charge < -0.3 is 10.0 Å². The van der Waals surface area contributed by atoms with Gasteiger partial charge in [0.2, 0.25) is 5.91 Å². The lowest BCUT2D eigenvalue weighted by Gasteiger charge is -2.32. The fourth-order valence-electron chi connectivity index (χ4n) is 4.02. The number of rotatable bonds is 5. The second-order valence-corrected chi connectivity index (χ2v) is 7.91. The summed E-state index contributed by atoms with van der Waals surface area (Å²) in [6.07, 6.45) is 2.56. The van der Waals surface area contributed by atoms with Crippen LogP contribution in [0.5, 0.6) is 0 Å². The van der Waals surface area contributed by atoms with Crippen LogP contribution in [-0.4, -0.2) is 77.5 Å². The van der Waals surface area contributed by atoms with E-state index in [9.17, 15) is 14.7 Å². The molecule has 1 N–H and O–H groups in total. The molecule has 0 saturated carbocycles. The standard InChI is InChI=1S/C21H31N3O3/c1-17-5-7-18(8-6-17)14-22-10-3-11-24(13-12-22)20(25)16-23-9-2-4-19(15-23)21(26)27/h5-8,19H,2-4,9-16H2,1H3,(H,26,27). The van der Waals surface area contributed by atoms with Gasteiger partial charge in [0.05, 0.1) is 12.5 Å². The van der Waals surface area contributed by atoms with Crippen molar-refractivity contribution in [3.05, 3.63) is 35.4 Å². The van der Waals surface area contributed by atoms with Crippen LogP contribution in [0.2, 0.25) is 0 Å². The summed E-state index contributed by atoms with van der Waals surface area (Å²) in [5.74, 6) is -0.937. The van der Waals surface area contributed by atoms with E-state index >= 15 is 0 Å². The van der Waals surface area contributed by atoms with E-state index in [0.29, 0.717) is 13.1 Å². The molecule has 1 aromatic carbocycles. The summed E-state index contributed by atoms with van der Waals surface area (Å²) in [4.78, 5) is 30.3. The minimum atomic E-state index is -0.742. The number of carboxylic acid groups (broad SMARTS) is 1. The Morgan fingerprint density at radius 2 is 1.74 bits per heavy atom. The van der Waals surface area contributed by atoms with Crippen LogP contribution in [0.1, 0.15) is 30.4 Å². The van der Waals surface area contributed by atoms with Gasteiger partial charge in [-0.2, -0.15) is 0 Å². The van der Waals surface area contributed by atoms with E-state index in [1.54, 1.807) is 0 Å². The zero-order chi connectivity index (χ0) is 19.2. The highest BCUT2D eigenvalue weighted by Gasteiger charge is 2.28. The van der Waals surface area contributed by atoms with E-state index in [2.05, 4.69) is 36.1 Å². The van der Waals surface area contributed by atoms with Crippen molar-refractivity contribution in [2.24, 2.45) is 5.92 Å². The Labute approximate surface area is 161 Å². The predicted octanol–water partition coefficient (Wildman–Crippen LogP) is 1.83. The number of aliphatic carboxylic acids is 1. The normalized spacial score (nSPS) is 22.4. The molecule has 148 valence electrons. The molecular weight excluding hydrogens is 342 g/mol. The molecule has 0 aromatic heterocycles. The van der Waals surface area contributed by atoms with Crippen molar-refractivity contribution in [2.45, 2.75) is 32.7 Å². The molecule has 1 atom stereocenters. The predicted molar refractivity (Wildman–Crippen MR) is 104 cm³/mol. The zero-order valence-electron chi connectivity index (χ0n) is 16.3. The highest BCUT2D eigenvalue weighted by molar-refractivity contribution is 5.78. The van der Waals surface area contributed by atoms with E-state index < -0.39 is 5.97 Å². The molecule has 2 aliphatic heterocycles. The third-order valence-corrected chi connectivity index (χ3v) is 5.68. The molecular formula is C21H31N3O3. The first kappa shape index (κ1) is 19.8. The van der Waals surface area contributed by atoms with Crippen molar-refractivity contribution in [2.75, 3.05) is 45.8 Å². The summed E-state index contributed by atoms with van der Waals surface area (Å²) in [5.41, 5.74) is 2.59. The molecule has 27 heavy (non-hydrogen) atoms. The quantitative estimate of drug-likeness (QED) is 0.853. The van der Waals surface area contributed by atoms with Gasteiger partial charge in [0.1, 0.15) is 0 Å². The smallest absolute Gasteiger partial charge is 0.307 e. The van der Waals surface area contributed by atoms with Gasteiger partial charge in [-0.25, -0.2) is 0 Å². The first-order valence-electron chi connectivity index (χ1n) is 10.0. The van der Waals surface area contributed by atoms with Gasteiger partial charge in [-0.15, -0.1) is 0 Å². The van der Waals surface area contributed by atoms with Gasteiger partial charge in [0.15, 0.2) is 0 Å². The molecule has 2 heterocycles. The summed E-state index contributed by atoms with van der Waals surface area (Å²) in [6.45, 7) is 8.12. The summed E-state index contributed by atoms with van der Waals surface area (Å²) >= 11 is 0. The van der Waals surface area contributed by atoms with Crippen molar-refractivity contribution < 1.29 is 14.7 Å². The number of carbonyl (C=O) groups is 2. The molecule has 1 aromatic rings.